The Labute approximate surface area is 170 Å². The molecule has 0 bridgehead atoms. The summed E-state index contributed by atoms with van der Waals surface area (Å²) in [4.78, 5) is 8.60. The second-order valence-corrected chi connectivity index (χ2v) is 6.12. The molecule has 2 rings (SSSR count). The third kappa shape index (κ3) is 7.60. The third-order valence-corrected chi connectivity index (χ3v) is 3.62. The van der Waals surface area contributed by atoms with Gasteiger partial charge in [-0.15, -0.1) is 24.0 Å². The lowest BCUT2D eigenvalue weighted by molar-refractivity contribution is 0.376. The fourth-order valence-electron chi connectivity index (χ4n) is 2.05. The fourth-order valence-corrected chi connectivity index (χ4v) is 2.17. The predicted molar refractivity (Wildman–Crippen MR) is 112 cm³/mol. The summed E-state index contributed by atoms with van der Waals surface area (Å²) in [5, 5.41) is 11.1. The zero-order valence-corrected chi connectivity index (χ0v) is 17.8. The first kappa shape index (κ1) is 21.7. The Kier molecular flexibility index (Phi) is 9.81. The number of aliphatic imine (C=N–C) groups is 1. The second kappa shape index (κ2) is 11.3. The molecule has 0 saturated carbocycles. The van der Waals surface area contributed by atoms with Crippen molar-refractivity contribution in [1.82, 2.24) is 20.8 Å². The summed E-state index contributed by atoms with van der Waals surface area (Å²) in [5.41, 5.74) is 2.08. The van der Waals surface area contributed by atoms with E-state index >= 15 is 0 Å². The van der Waals surface area contributed by atoms with Crippen molar-refractivity contribution >= 4 is 41.5 Å². The minimum Gasteiger partial charge on any atom is -0.359 e. The van der Waals surface area contributed by atoms with E-state index in [-0.39, 0.29) is 24.0 Å². The predicted octanol–water partition coefficient (Wildman–Crippen LogP) is 3.76. The topological polar surface area (TPSA) is 75.3 Å². The van der Waals surface area contributed by atoms with Gasteiger partial charge in [-0.1, -0.05) is 36.7 Å². The normalized spacial score (nSPS) is 11.3. The molecule has 2 aromatic heterocycles. The summed E-state index contributed by atoms with van der Waals surface area (Å²) in [6.07, 6.45) is 2.63. The maximum atomic E-state index is 5.79. The highest BCUT2D eigenvalue weighted by Crippen LogP contribution is 2.14. The van der Waals surface area contributed by atoms with E-state index in [1.807, 2.05) is 19.1 Å². The molecule has 2 N–H and O–H groups in total. The van der Waals surface area contributed by atoms with E-state index in [1.54, 1.807) is 12.3 Å². The van der Waals surface area contributed by atoms with Gasteiger partial charge in [0, 0.05) is 25.4 Å². The van der Waals surface area contributed by atoms with E-state index in [2.05, 4.69) is 39.6 Å². The van der Waals surface area contributed by atoms with Crippen molar-refractivity contribution in [2.45, 2.75) is 39.7 Å². The molecule has 2 heterocycles. The smallest absolute Gasteiger partial charge is 0.191 e. The van der Waals surface area contributed by atoms with Crippen LogP contribution in [0.15, 0.2) is 33.9 Å². The van der Waals surface area contributed by atoms with E-state index in [9.17, 15) is 0 Å². The van der Waals surface area contributed by atoms with E-state index in [0.29, 0.717) is 17.6 Å². The second-order valence-electron chi connectivity index (χ2n) is 5.73. The molecule has 0 unspecified atom stereocenters. The Hall–Kier alpha value is -1.35. The molecule has 0 aliphatic rings. The molecule has 25 heavy (non-hydrogen) atoms. The average Bonchev–Trinajstić information content (AvgIpc) is 3.04. The highest BCUT2D eigenvalue weighted by molar-refractivity contribution is 14.0. The van der Waals surface area contributed by atoms with E-state index in [1.165, 1.54) is 0 Å². The average molecular weight is 478 g/mol. The van der Waals surface area contributed by atoms with Crippen LogP contribution in [-0.4, -0.2) is 29.2 Å². The largest absolute Gasteiger partial charge is 0.359 e. The first-order valence-corrected chi connectivity index (χ1v) is 8.54. The molecule has 0 aliphatic carbocycles. The summed E-state index contributed by atoms with van der Waals surface area (Å²) in [7, 11) is 0. The van der Waals surface area contributed by atoms with Crippen molar-refractivity contribution in [3.05, 3.63) is 46.6 Å². The van der Waals surface area contributed by atoms with Crippen molar-refractivity contribution < 1.29 is 4.52 Å². The molecule has 8 heteroatoms. The van der Waals surface area contributed by atoms with Gasteiger partial charge in [-0.2, -0.15) is 0 Å². The third-order valence-electron chi connectivity index (χ3n) is 3.40. The van der Waals surface area contributed by atoms with Crippen molar-refractivity contribution in [1.29, 1.82) is 0 Å². The number of guanidine groups is 1. The van der Waals surface area contributed by atoms with Crippen LogP contribution < -0.4 is 10.6 Å². The van der Waals surface area contributed by atoms with E-state index in [4.69, 9.17) is 16.1 Å². The van der Waals surface area contributed by atoms with Gasteiger partial charge in [0.2, 0.25) is 0 Å². The maximum Gasteiger partial charge on any atom is 0.191 e. The van der Waals surface area contributed by atoms with Gasteiger partial charge in [-0.25, -0.2) is 9.98 Å². The number of halogens is 2. The summed E-state index contributed by atoms with van der Waals surface area (Å²) < 4.78 is 5.31. The summed E-state index contributed by atoms with van der Waals surface area (Å²) in [5.74, 6) is 1.87. The van der Waals surface area contributed by atoms with Crippen LogP contribution in [0, 0.1) is 0 Å². The van der Waals surface area contributed by atoms with Crippen LogP contribution >= 0.6 is 35.6 Å². The van der Waals surface area contributed by atoms with Crippen molar-refractivity contribution in [2.24, 2.45) is 4.99 Å². The van der Waals surface area contributed by atoms with Crippen molar-refractivity contribution in [2.75, 3.05) is 13.1 Å². The van der Waals surface area contributed by atoms with Gasteiger partial charge in [0.1, 0.15) is 11.7 Å². The Bertz CT molecular complexity index is 657. The number of hydrogen-bond acceptors (Lipinski definition) is 4. The molecular weight excluding hydrogens is 453 g/mol. The van der Waals surface area contributed by atoms with Crippen molar-refractivity contribution in [3.63, 3.8) is 0 Å². The van der Waals surface area contributed by atoms with Crippen LogP contribution in [0.5, 0.6) is 0 Å². The summed E-state index contributed by atoms with van der Waals surface area (Å²) >= 11 is 5.79. The first-order chi connectivity index (χ1) is 11.6. The van der Waals surface area contributed by atoms with Crippen LogP contribution in [-0.2, 0) is 13.0 Å². The number of hydrogen-bond donors (Lipinski definition) is 2. The summed E-state index contributed by atoms with van der Waals surface area (Å²) in [6.45, 7) is 8.21. The lowest BCUT2D eigenvalue weighted by atomic mass is 10.1. The number of aromatic nitrogens is 2. The van der Waals surface area contributed by atoms with Gasteiger partial charge in [0.05, 0.1) is 5.69 Å². The quantitative estimate of drug-likeness (QED) is 0.275. The van der Waals surface area contributed by atoms with Crippen LogP contribution in [0.3, 0.4) is 0 Å². The Morgan fingerprint density at radius 1 is 1.32 bits per heavy atom. The number of nitrogens with zero attached hydrogens (tertiary/aromatic N) is 3. The van der Waals surface area contributed by atoms with Gasteiger partial charge in [0.25, 0.3) is 0 Å². The Balaban J connectivity index is 0.00000312. The van der Waals surface area contributed by atoms with E-state index < -0.39 is 0 Å². The van der Waals surface area contributed by atoms with Gasteiger partial charge in [0.15, 0.2) is 11.7 Å². The molecule has 2 aromatic rings. The SMILES string of the molecule is CCNC(=NCc1cc(C(C)C)no1)NCCc1ccc(Cl)nc1.I. The minimum absolute atomic E-state index is 0. The Morgan fingerprint density at radius 3 is 2.72 bits per heavy atom. The van der Waals surface area contributed by atoms with Crippen LogP contribution in [0.1, 0.15) is 43.7 Å². The molecule has 0 saturated heterocycles. The molecule has 6 nitrogen and oxygen atoms in total. The first-order valence-electron chi connectivity index (χ1n) is 8.16. The van der Waals surface area contributed by atoms with Crippen LogP contribution in [0.4, 0.5) is 0 Å². The van der Waals surface area contributed by atoms with Crippen molar-refractivity contribution in [3.8, 4) is 0 Å². The molecule has 0 aromatic carbocycles. The molecular formula is C17H25ClIN5O. The molecule has 0 radical (unpaired) electrons. The molecule has 0 atom stereocenters. The zero-order valence-electron chi connectivity index (χ0n) is 14.8. The monoisotopic (exact) mass is 477 g/mol. The lowest BCUT2D eigenvalue weighted by Crippen LogP contribution is -2.38. The highest BCUT2D eigenvalue weighted by atomic mass is 127. The highest BCUT2D eigenvalue weighted by Gasteiger charge is 2.07. The number of pyridine rings is 1. The number of rotatable bonds is 7. The number of nitrogens with one attached hydrogen (secondary N) is 2. The lowest BCUT2D eigenvalue weighted by Gasteiger charge is -2.10. The van der Waals surface area contributed by atoms with Gasteiger partial charge in [-0.05, 0) is 30.9 Å². The minimum atomic E-state index is 0. The van der Waals surface area contributed by atoms with Crippen LogP contribution in [0.2, 0.25) is 5.15 Å². The Morgan fingerprint density at radius 2 is 2.12 bits per heavy atom. The molecule has 0 fully saturated rings. The molecule has 0 amide bonds. The standard InChI is InChI=1S/C17H24ClN5O.HI/c1-4-19-17(20-8-7-13-5-6-16(18)21-10-13)22-11-14-9-15(12(2)3)23-24-14;/h5-6,9-10,12H,4,7-8,11H2,1-3H3,(H2,19,20,22);1H. The molecule has 138 valence electrons. The van der Waals surface area contributed by atoms with Gasteiger partial charge in [-0.3, -0.25) is 0 Å². The fraction of sp³-hybridized carbons (Fsp3) is 0.471. The maximum absolute atomic E-state index is 5.79. The van der Waals surface area contributed by atoms with Gasteiger partial charge >= 0.3 is 0 Å². The van der Waals surface area contributed by atoms with Gasteiger partial charge < -0.3 is 15.2 Å². The molecule has 0 aliphatic heterocycles. The molecule has 0 spiro atoms. The van der Waals surface area contributed by atoms with Crippen LogP contribution in [0.25, 0.3) is 0 Å². The zero-order chi connectivity index (χ0) is 17.4. The summed E-state index contributed by atoms with van der Waals surface area (Å²) in [6, 6.07) is 5.73. The van der Waals surface area contributed by atoms with E-state index in [0.717, 1.165) is 42.5 Å².